The van der Waals surface area contributed by atoms with Gasteiger partial charge in [-0.3, -0.25) is 4.79 Å². The summed E-state index contributed by atoms with van der Waals surface area (Å²) in [5.41, 5.74) is 8.30. The smallest absolute Gasteiger partial charge is 0.256 e. The van der Waals surface area contributed by atoms with Crippen LogP contribution in [0.3, 0.4) is 0 Å². The number of amides is 1. The predicted octanol–water partition coefficient (Wildman–Crippen LogP) is 4.25. The van der Waals surface area contributed by atoms with Gasteiger partial charge in [0.2, 0.25) is 0 Å². The van der Waals surface area contributed by atoms with Crippen molar-refractivity contribution in [3.05, 3.63) is 57.0 Å². The first-order valence-electron chi connectivity index (χ1n) is 5.60. The minimum atomic E-state index is -0.215. The third kappa shape index (κ3) is 3.08. The summed E-state index contributed by atoms with van der Waals surface area (Å²) < 4.78 is 0.659. The number of hydrogen-bond acceptors (Lipinski definition) is 2. The second-order valence-corrected chi connectivity index (χ2v) is 5.33. The molecule has 3 nitrogen and oxygen atoms in total. The van der Waals surface area contributed by atoms with Gasteiger partial charge < -0.3 is 11.1 Å². The average molecular weight is 340 g/mol. The molecule has 0 aliphatic carbocycles. The number of nitrogens with two attached hydrogens (primary N) is 1. The van der Waals surface area contributed by atoms with Gasteiger partial charge in [-0.05, 0) is 52.7 Å². The van der Waals surface area contributed by atoms with Gasteiger partial charge in [0.15, 0.2) is 0 Å². The molecule has 0 atom stereocenters. The van der Waals surface area contributed by atoms with Crippen LogP contribution in [0.25, 0.3) is 0 Å². The number of anilines is 2. The molecule has 5 heteroatoms. The van der Waals surface area contributed by atoms with Gasteiger partial charge >= 0.3 is 0 Å². The van der Waals surface area contributed by atoms with Crippen molar-refractivity contribution < 1.29 is 4.79 Å². The highest BCUT2D eigenvalue weighted by Crippen LogP contribution is 2.30. The van der Waals surface area contributed by atoms with E-state index in [-0.39, 0.29) is 5.91 Å². The van der Waals surface area contributed by atoms with E-state index in [1.807, 2.05) is 13.0 Å². The molecular formula is C14H12BrClN2O. The van der Waals surface area contributed by atoms with Crippen molar-refractivity contribution in [3.8, 4) is 0 Å². The number of aryl methyl sites for hydroxylation is 1. The molecule has 3 N–H and O–H groups in total. The Hall–Kier alpha value is -1.52. The van der Waals surface area contributed by atoms with E-state index in [0.717, 1.165) is 5.56 Å². The molecule has 19 heavy (non-hydrogen) atoms. The number of nitrogens with one attached hydrogen (secondary N) is 1. The summed E-state index contributed by atoms with van der Waals surface area (Å²) in [5, 5.41) is 3.35. The molecule has 0 aliphatic rings. The maximum atomic E-state index is 12.2. The lowest BCUT2D eigenvalue weighted by molar-refractivity contribution is 0.102. The summed E-state index contributed by atoms with van der Waals surface area (Å²) in [5.74, 6) is -0.215. The number of benzene rings is 2. The van der Waals surface area contributed by atoms with Crippen LogP contribution in [0.5, 0.6) is 0 Å². The van der Waals surface area contributed by atoms with Crippen LogP contribution in [-0.2, 0) is 0 Å². The average Bonchev–Trinajstić information content (AvgIpc) is 2.38. The molecule has 0 radical (unpaired) electrons. The summed E-state index contributed by atoms with van der Waals surface area (Å²) >= 11 is 9.32. The summed E-state index contributed by atoms with van der Waals surface area (Å²) in [6, 6.07) is 10.5. The van der Waals surface area contributed by atoms with Gasteiger partial charge in [-0.1, -0.05) is 23.7 Å². The quantitative estimate of drug-likeness (QED) is 0.804. The van der Waals surface area contributed by atoms with Crippen molar-refractivity contribution >= 4 is 44.8 Å². The Labute approximate surface area is 124 Å². The Morgan fingerprint density at radius 2 is 2.05 bits per heavy atom. The summed E-state index contributed by atoms with van der Waals surface area (Å²) in [6.07, 6.45) is 0. The van der Waals surface area contributed by atoms with Crippen molar-refractivity contribution in [3.63, 3.8) is 0 Å². The van der Waals surface area contributed by atoms with Crippen LogP contribution >= 0.6 is 27.5 Å². The third-order valence-electron chi connectivity index (χ3n) is 2.71. The number of hydrogen-bond donors (Lipinski definition) is 2. The minimum absolute atomic E-state index is 0.215. The molecule has 98 valence electrons. The molecule has 0 aliphatic heterocycles. The van der Waals surface area contributed by atoms with Crippen molar-refractivity contribution in [1.82, 2.24) is 0 Å². The zero-order valence-electron chi connectivity index (χ0n) is 10.2. The second kappa shape index (κ2) is 5.63. The zero-order valence-corrected chi connectivity index (χ0v) is 12.5. The third-order valence-corrected chi connectivity index (χ3v) is 4.10. The van der Waals surface area contributed by atoms with Crippen LogP contribution in [-0.4, -0.2) is 5.91 Å². The molecule has 2 aromatic carbocycles. The molecule has 1 amide bonds. The number of halogens is 2. The molecule has 0 heterocycles. The fraction of sp³-hybridized carbons (Fsp3) is 0.0714. The molecule has 2 aromatic rings. The highest BCUT2D eigenvalue weighted by atomic mass is 79.9. The van der Waals surface area contributed by atoms with E-state index in [1.165, 1.54) is 0 Å². The van der Waals surface area contributed by atoms with E-state index in [4.69, 9.17) is 17.3 Å². The lowest BCUT2D eigenvalue weighted by Gasteiger charge is -2.10. The van der Waals surface area contributed by atoms with Crippen LogP contribution in [0, 0.1) is 6.92 Å². The number of nitrogen functional groups attached to an aromatic ring is 1. The first kappa shape index (κ1) is 13.9. The summed E-state index contributed by atoms with van der Waals surface area (Å²) in [7, 11) is 0. The number of carbonyl (C=O) groups excluding carboxylic acids is 1. The fourth-order valence-corrected chi connectivity index (χ4v) is 2.21. The number of rotatable bonds is 2. The van der Waals surface area contributed by atoms with Crippen LogP contribution < -0.4 is 11.1 Å². The Bertz CT molecular complexity index is 643. The SMILES string of the molecule is Cc1ccc(N)cc1C(=O)Nc1cccc(Cl)c1Br. The standard InChI is InChI=1S/C14H12BrClN2O/c1-8-5-6-9(17)7-10(8)14(19)18-12-4-2-3-11(16)13(12)15/h2-7H,17H2,1H3,(H,18,19). The second-order valence-electron chi connectivity index (χ2n) is 4.13. The molecular weight excluding hydrogens is 328 g/mol. The van der Waals surface area contributed by atoms with E-state index in [9.17, 15) is 4.79 Å². The van der Waals surface area contributed by atoms with Gasteiger partial charge in [-0.15, -0.1) is 0 Å². The van der Waals surface area contributed by atoms with Crippen LogP contribution in [0.1, 0.15) is 15.9 Å². The highest BCUT2D eigenvalue weighted by molar-refractivity contribution is 9.10. The van der Waals surface area contributed by atoms with Crippen molar-refractivity contribution in [2.24, 2.45) is 0 Å². The summed E-state index contributed by atoms with van der Waals surface area (Å²) in [4.78, 5) is 12.2. The lowest BCUT2D eigenvalue weighted by Crippen LogP contribution is -2.14. The predicted molar refractivity (Wildman–Crippen MR) is 82.7 cm³/mol. The van der Waals surface area contributed by atoms with Gasteiger partial charge in [-0.2, -0.15) is 0 Å². The first-order chi connectivity index (χ1) is 8.99. The van der Waals surface area contributed by atoms with Gasteiger partial charge in [-0.25, -0.2) is 0 Å². The fourth-order valence-electron chi connectivity index (χ4n) is 1.67. The van der Waals surface area contributed by atoms with Crippen LogP contribution in [0.15, 0.2) is 40.9 Å². The van der Waals surface area contributed by atoms with E-state index in [0.29, 0.717) is 26.4 Å². The van der Waals surface area contributed by atoms with Gasteiger partial charge in [0.05, 0.1) is 15.2 Å². The molecule has 0 aromatic heterocycles. The van der Waals surface area contributed by atoms with Crippen molar-refractivity contribution in [1.29, 1.82) is 0 Å². The zero-order chi connectivity index (χ0) is 14.0. The van der Waals surface area contributed by atoms with E-state index in [2.05, 4.69) is 21.2 Å². The number of carbonyl (C=O) groups is 1. The largest absolute Gasteiger partial charge is 0.399 e. The van der Waals surface area contributed by atoms with Crippen LogP contribution in [0.2, 0.25) is 5.02 Å². The molecule has 0 unspecified atom stereocenters. The van der Waals surface area contributed by atoms with Gasteiger partial charge in [0, 0.05) is 11.3 Å². The normalized spacial score (nSPS) is 10.3. The molecule has 0 fully saturated rings. The van der Waals surface area contributed by atoms with E-state index < -0.39 is 0 Å². The lowest BCUT2D eigenvalue weighted by atomic mass is 10.1. The van der Waals surface area contributed by atoms with Crippen molar-refractivity contribution in [2.75, 3.05) is 11.1 Å². The van der Waals surface area contributed by atoms with Gasteiger partial charge in [0.1, 0.15) is 0 Å². The minimum Gasteiger partial charge on any atom is -0.399 e. The Kier molecular flexibility index (Phi) is 4.12. The Balaban J connectivity index is 2.31. The van der Waals surface area contributed by atoms with Gasteiger partial charge in [0.25, 0.3) is 5.91 Å². The molecule has 2 rings (SSSR count). The first-order valence-corrected chi connectivity index (χ1v) is 6.77. The van der Waals surface area contributed by atoms with Crippen molar-refractivity contribution in [2.45, 2.75) is 6.92 Å². The monoisotopic (exact) mass is 338 g/mol. The molecule has 0 saturated heterocycles. The Morgan fingerprint density at radius 1 is 1.32 bits per heavy atom. The topological polar surface area (TPSA) is 55.1 Å². The highest BCUT2D eigenvalue weighted by Gasteiger charge is 2.12. The van der Waals surface area contributed by atoms with E-state index >= 15 is 0 Å². The summed E-state index contributed by atoms with van der Waals surface area (Å²) in [6.45, 7) is 1.86. The van der Waals surface area contributed by atoms with Crippen LogP contribution in [0.4, 0.5) is 11.4 Å². The maximum absolute atomic E-state index is 12.2. The molecule has 0 bridgehead atoms. The maximum Gasteiger partial charge on any atom is 0.256 e. The molecule has 0 spiro atoms. The molecule has 0 saturated carbocycles. The Morgan fingerprint density at radius 3 is 2.79 bits per heavy atom. The van der Waals surface area contributed by atoms with E-state index in [1.54, 1.807) is 30.3 Å².